The van der Waals surface area contributed by atoms with Crippen molar-refractivity contribution in [2.24, 2.45) is 23.5 Å². The first kappa shape index (κ1) is 28.1. The molecular formula is C31H44N4O3. The summed E-state index contributed by atoms with van der Waals surface area (Å²) in [7, 11) is 0. The summed E-state index contributed by atoms with van der Waals surface area (Å²) >= 11 is 0. The second kappa shape index (κ2) is 14.3. The van der Waals surface area contributed by atoms with E-state index in [4.69, 9.17) is 10.5 Å². The third-order valence-corrected chi connectivity index (χ3v) is 8.43. The number of benzene rings is 1. The van der Waals surface area contributed by atoms with Crippen molar-refractivity contribution in [3.8, 4) is 5.75 Å². The molecule has 38 heavy (non-hydrogen) atoms. The average molecular weight is 521 g/mol. The summed E-state index contributed by atoms with van der Waals surface area (Å²) in [6.45, 7) is 3.25. The predicted octanol–water partition coefficient (Wildman–Crippen LogP) is 4.54. The van der Waals surface area contributed by atoms with Gasteiger partial charge in [0.15, 0.2) is 0 Å². The van der Waals surface area contributed by atoms with Crippen LogP contribution in [0.25, 0.3) is 0 Å². The van der Waals surface area contributed by atoms with E-state index in [2.05, 4.69) is 22.5 Å². The average Bonchev–Trinajstić information content (AvgIpc) is 2.97. The van der Waals surface area contributed by atoms with Crippen LogP contribution in [-0.4, -0.2) is 35.4 Å². The number of amides is 2. The quantitative estimate of drug-likeness (QED) is 0.403. The molecule has 0 unspecified atom stereocenters. The molecular weight excluding hydrogens is 476 g/mol. The second-order valence-corrected chi connectivity index (χ2v) is 11.2. The molecule has 2 aliphatic carbocycles. The summed E-state index contributed by atoms with van der Waals surface area (Å²) in [6.07, 6.45) is 13.6. The van der Waals surface area contributed by atoms with Crippen LogP contribution in [0.2, 0.25) is 0 Å². The zero-order valence-electron chi connectivity index (χ0n) is 22.7. The summed E-state index contributed by atoms with van der Waals surface area (Å²) in [5, 5.41) is 6.36. The Morgan fingerprint density at radius 2 is 1.61 bits per heavy atom. The van der Waals surface area contributed by atoms with Crippen molar-refractivity contribution in [3.05, 3.63) is 59.9 Å². The smallest absolute Gasteiger partial charge is 0.243 e. The molecule has 7 nitrogen and oxygen atoms in total. The summed E-state index contributed by atoms with van der Waals surface area (Å²) in [6, 6.07) is 11.2. The monoisotopic (exact) mass is 520 g/mol. The Hall–Kier alpha value is -2.93. The number of nitrogens with zero attached hydrogens (tertiary/aromatic N) is 1. The van der Waals surface area contributed by atoms with Crippen LogP contribution in [-0.2, 0) is 22.6 Å². The van der Waals surface area contributed by atoms with Crippen LogP contribution < -0.4 is 21.1 Å². The van der Waals surface area contributed by atoms with Crippen molar-refractivity contribution in [2.75, 3.05) is 6.54 Å². The predicted molar refractivity (Wildman–Crippen MR) is 149 cm³/mol. The van der Waals surface area contributed by atoms with Gasteiger partial charge in [0.05, 0.1) is 0 Å². The number of hydrogen-bond donors (Lipinski definition) is 3. The number of carbonyl (C=O) groups is 2. The maximum Gasteiger partial charge on any atom is 0.243 e. The Kier molecular flexibility index (Phi) is 10.6. The minimum absolute atomic E-state index is 0.0109. The third kappa shape index (κ3) is 8.29. The zero-order chi connectivity index (χ0) is 26.7. The van der Waals surface area contributed by atoms with Gasteiger partial charge < -0.3 is 21.1 Å². The van der Waals surface area contributed by atoms with Crippen LogP contribution in [0.15, 0.2) is 48.8 Å². The number of nitrogens with one attached hydrogen (secondary N) is 2. The van der Waals surface area contributed by atoms with Crippen molar-refractivity contribution in [3.63, 3.8) is 0 Å². The molecule has 4 N–H and O–H groups in total. The van der Waals surface area contributed by atoms with Crippen LogP contribution in [0.5, 0.6) is 5.75 Å². The van der Waals surface area contributed by atoms with Crippen molar-refractivity contribution >= 4 is 11.8 Å². The Labute approximate surface area is 227 Å². The maximum atomic E-state index is 13.5. The normalized spacial score (nSPS) is 21.7. The summed E-state index contributed by atoms with van der Waals surface area (Å²) in [4.78, 5) is 30.7. The lowest BCUT2D eigenvalue weighted by molar-refractivity contribution is -0.132. The van der Waals surface area contributed by atoms with Gasteiger partial charge in [-0.15, -0.1) is 0 Å². The van der Waals surface area contributed by atoms with E-state index < -0.39 is 6.04 Å². The number of nitrogens with two attached hydrogens (primary N) is 1. The van der Waals surface area contributed by atoms with E-state index in [9.17, 15) is 9.59 Å². The van der Waals surface area contributed by atoms with E-state index in [0.717, 1.165) is 55.4 Å². The Morgan fingerprint density at radius 1 is 0.921 bits per heavy atom. The number of aromatic nitrogens is 1. The SMILES string of the molecule is C[C@@H](NC(=O)[C@H](Cc1ccc(OCc2ccncc2)cc1)NC(=O)C1CCC(CN)CC1)C1CCCCC1. The molecule has 4 rings (SSSR count). The van der Waals surface area contributed by atoms with Gasteiger partial charge in [0, 0.05) is 30.8 Å². The molecule has 2 saturated carbocycles. The van der Waals surface area contributed by atoms with Crippen LogP contribution in [0, 0.1) is 17.8 Å². The molecule has 0 spiro atoms. The topological polar surface area (TPSA) is 106 Å². The highest BCUT2D eigenvalue weighted by atomic mass is 16.5. The number of rotatable bonds is 11. The largest absolute Gasteiger partial charge is 0.489 e. The fourth-order valence-electron chi connectivity index (χ4n) is 5.84. The minimum Gasteiger partial charge on any atom is -0.489 e. The van der Waals surface area contributed by atoms with E-state index in [0.29, 0.717) is 31.4 Å². The van der Waals surface area contributed by atoms with Gasteiger partial charge in [0.2, 0.25) is 11.8 Å². The van der Waals surface area contributed by atoms with Crippen molar-refractivity contribution in [2.45, 2.75) is 89.8 Å². The lowest BCUT2D eigenvalue weighted by Gasteiger charge is -2.31. The minimum atomic E-state index is -0.607. The van der Waals surface area contributed by atoms with Crippen LogP contribution in [0.3, 0.4) is 0 Å². The number of ether oxygens (including phenoxy) is 1. The Bertz CT molecular complexity index is 1000. The molecule has 1 aromatic carbocycles. The number of hydrogen-bond acceptors (Lipinski definition) is 5. The van der Waals surface area contributed by atoms with Gasteiger partial charge in [-0.05, 0) is 99.2 Å². The van der Waals surface area contributed by atoms with Crippen molar-refractivity contribution in [1.29, 1.82) is 0 Å². The first-order chi connectivity index (χ1) is 18.5. The molecule has 0 radical (unpaired) electrons. The van der Waals surface area contributed by atoms with E-state index in [1.165, 1.54) is 19.3 Å². The molecule has 1 aromatic heterocycles. The van der Waals surface area contributed by atoms with Crippen LogP contribution in [0.1, 0.15) is 75.8 Å². The highest BCUT2D eigenvalue weighted by molar-refractivity contribution is 5.89. The highest BCUT2D eigenvalue weighted by Crippen LogP contribution is 2.29. The van der Waals surface area contributed by atoms with Crippen molar-refractivity contribution < 1.29 is 14.3 Å². The van der Waals surface area contributed by atoms with E-state index in [1.807, 2.05) is 36.4 Å². The first-order valence-electron chi connectivity index (χ1n) is 14.4. The van der Waals surface area contributed by atoms with Gasteiger partial charge in [-0.1, -0.05) is 31.4 Å². The third-order valence-electron chi connectivity index (χ3n) is 8.43. The molecule has 2 fully saturated rings. The number of carbonyl (C=O) groups excluding carboxylic acids is 2. The van der Waals surface area contributed by atoms with Crippen molar-refractivity contribution in [1.82, 2.24) is 15.6 Å². The summed E-state index contributed by atoms with van der Waals surface area (Å²) in [5.41, 5.74) is 7.87. The molecule has 0 saturated heterocycles. The summed E-state index contributed by atoms with van der Waals surface area (Å²) in [5.74, 6) is 1.63. The zero-order valence-corrected chi connectivity index (χ0v) is 22.7. The molecule has 2 amide bonds. The van der Waals surface area contributed by atoms with E-state index >= 15 is 0 Å². The molecule has 0 aliphatic heterocycles. The molecule has 2 aromatic rings. The van der Waals surface area contributed by atoms with E-state index in [-0.39, 0.29) is 23.8 Å². The van der Waals surface area contributed by atoms with Gasteiger partial charge in [-0.3, -0.25) is 14.6 Å². The second-order valence-electron chi connectivity index (χ2n) is 11.2. The van der Waals surface area contributed by atoms with Gasteiger partial charge in [-0.2, -0.15) is 0 Å². The van der Waals surface area contributed by atoms with Gasteiger partial charge in [0.25, 0.3) is 0 Å². The molecule has 2 aliphatic rings. The Morgan fingerprint density at radius 3 is 2.26 bits per heavy atom. The van der Waals surface area contributed by atoms with E-state index in [1.54, 1.807) is 12.4 Å². The lowest BCUT2D eigenvalue weighted by atomic mass is 9.81. The standard InChI is InChI=1S/C31H44N4O3/c1-22(26-5-3-2-4-6-26)34-31(37)29(35-30(36)27-11-7-24(20-32)8-12-27)19-23-9-13-28(14-10-23)38-21-25-15-17-33-18-16-25/h9-10,13-18,22,24,26-27,29H,2-8,11-12,19-21,32H2,1H3,(H,34,37)(H,35,36)/t22-,24?,27?,29+/m1/s1. The molecule has 206 valence electrons. The van der Waals surface area contributed by atoms with Crippen LogP contribution in [0.4, 0.5) is 0 Å². The molecule has 7 heteroatoms. The molecule has 2 atom stereocenters. The lowest BCUT2D eigenvalue weighted by Crippen LogP contribution is -2.53. The van der Waals surface area contributed by atoms with Crippen LogP contribution >= 0.6 is 0 Å². The van der Waals surface area contributed by atoms with Gasteiger partial charge in [0.1, 0.15) is 18.4 Å². The van der Waals surface area contributed by atoms with Gasteiger partial charge >= 0.3 is 0 Å². The molecule has 1 heterocycles. The summed E-state index contributed by atoms with van der Waals surface area (Å²) < 4.78 is 5.90. The Balaban J connectivity index is 1.38. The highest BCUT2D eigenvalue weighted by Gasteiger charge is 2.30. The maximum absolute atomic E-state index is 13.5. The van der Waals surface area contributed by atoms with Gasteiger partial charge in [-0.25, -0.2) is 0 Å². The molecule has 0 bridgehead atoms. The fourth-order valence-corrected chi connectivity index (χ4v) is 5.84. The first-order valence-corrected chi connectivity index (χ1v) is 14.4. The fraction of sp³-hybridized carbons (Fsp3) is 0.581. The number of pyridine rings is 1.